The Bertz CT molecular complexity index is 922. The number of carbonyl (C=O) groups excluding carboxylic acids is 1. The monoisotopic (exact) mass is 398 g/mol. The summed E-state index contributed by atoms with van der Waals surface area (Å²) in [6.45, 7) is 5.75. The minimum absolute atomic E-state index is 0.286. The van der Waals surface area contributed by atoms with Crippen LogP contribution in [0.15, 0.2) is 48.5 Å². The van der Waals surface area contributed by atoms with Crippen LogP contribution in [0.4, 0.5) is 10.1 Å². The standard InChI is InChI=1S/C21H23FN4OS/c1-14(2)16-6-4-15(5-7-16)12-26(3)13-19-24-25-21(28-19)20(27)23-18-10-8-17(22)9-11-18/h4-11,14H,12-13H2,1-3H3,(H,23,27). The molecule has 1 heterocycles. The highest BCUT2D eigenvalue weighted by atomic mass is 32.1. The summed E-state index contributed by atoms with van der Waals surface area (Å²) in [5, 5.41) is 11.8. The van der Waals surface area contributed by atoms with E-state index in [0.717, 1.165) is 11.6 Å². The molecule has 3 aromatic rings. The first kappa shape index (κ1) is 20.1. The number of halogens is 1. The topological polar surface area (TPSA) is 58.1 Å². The van der Waals surface area contributed by atoms with Crippen LogP contribution in [0, 0.1) is 5.82 Å². The molecule has 0 aliphatic carbocycles. The van der Waals surface area contributed by atoms with Crippen LogP contribution in [0.1, 0.15) is 45.7 Å². The summed E-state index contributed by atoms with van der Waals surface area (Å²) in [5.41, 5.74) is 3.07. The molecule has 0 atom stereocenters. The second kappa shape index (κ2) is 9.03. The Hall–Kier alpha value is -2.64. The van der Waals surface area contributed by atoms with Gasteiger partial charge in [-0.15, -0.1) is 10.2 Å². The summed E-state index contributed by atoms with van der Waals surface area (Å²) >= 11 is 1.26. The smallest absolute Gasteiger partial charge is 0.286 e. The van der Waals surface area contributed by atoms with Gasteiger partial charge < -0.3 is 5.32 Å². The molecule has 0 aliphatic rings. The number of hydrogen-bond donors (Lipinski definition) is 1. The first-order valence-electron chi connectivity index (χ1n) is 9.07. The molecule has 0 spiro atoms. The highest BCUT2D eigenvalue weighted by Gasteiger charge is 2.14. The van der Waals surface area contributed by atoms with E-state index in [1.807, 2.05) is 7.05 Å². The number of aromatic nitrogens is 2. The SMILES string of the molecule is CC(C)c1ccc(CN(C)Cc2nnc(C(=O)Nc3ccc(F)cc3)s2)cc1. The number of nitrogens with zero attached hydrogens (tertiary/aromatic N) is 3. The van der Waals surface area contributed by atoms with Gasteiger partial charge in [-0.2, -0.15) is 0 Å². The van der Waals surface area contributed by atoms with Crippen molar-refractivity contribution < 1.29 is 9.18 Å². The first-order chi connectivity index (χ1) is 13.4. The van der Waals surface area contributed by atoms with E-state index in [2.05, 4.69) is 58.5 Å². The van der Waals surface area contributed by atoms with Gasteiger partial charge >= 0.3 is 0 Å². The Morgan fingerprint density at radius 1 is 1.07 bits per heavy atom. The van der Waals surface area contributed by atoms with Gasteiger partial charge in [0.25, 0.3) is 5.91 Å². The highest BCUT2D eigenvalue weighted by molar-refractivity contribution is 7.13. The van der Waals surface area contributed by atoms with Crippen molar-refractivity contribution in [3.8, 4) is 0 Å². The van der Waals surface area contributed by atoms with E-state index < -0.39 is 0 Å². The highest BCUT2D eigenvalue weighted by Crippen LogP contribution is 2.18. The molecule has 0 aliphatic heterocycles. The van der Waals surface area contributed by atoms with Crippen LogP contribution >= 0.6 is 11.3 Å². The summed E-state index contributed by atoms with van der Waals surface area (Å²) in [7, 11) is 2.01. The van der Waals surface area contributed by atoms with E-state index in [1.54, 1.807) is 0 Å². The molecule has 146 valence electrons. The van der Waals surface area contributed by atoms with Crippen LogP contribution in [0.3, 0.4) is 0 Å². The van der Waals surface area contributed by atoms with E-state index in [0.29, 0.717) is 18.2 Å². The summed E-state index contributed by atoms with van der Waals surface area (Å²) in [6.07, 6.45) is 0. The van der Waals surface area contributed by atoms with E-state index >= 15 is 0 Å². The van der Waals surface area contributed by atoms with Gasteiger partial charge in [0, 0.05) is 12.2 Å². The summed E-state index contributed by atoms with van der Waals surface area (Å²) in [5.74, 6) is -0.173. The lowest BCUT2D eigenvalue weighted by molar-refractivity contribution is 0.102. The maximum Gasteiger partial charge on any atom is 0.286 e. The van der Waals surface area contributed by atoms with Crippen molar-refractivity contribution in [3.05, 3.63) is 75.5 Å². The zero-order valence-electron chi connectivity index (χ0n) is 16.1. The average molecular weight is 399 g/mol. The van der Waals surface area contributed by atoms with Gasteiger partial charge in [-0.05, 0) is 48.4 Å². The predicted molar refractivity (Wildman–Crippen MR) is 110 cm³/mol. The maximum absolute atomic E-state index is 12.9. The normalized spacial score (nSPS) is 11.2. The minimum Gasteiger partial charge on any atom is -0.320 e. The molecular formula is C21H23FN4OS. The summed E-state index contributed by atoms with van der Waals surface area (Å²) in [4.78, 5) is 14.4. The number of amides is 1. The number of carbonyl (C=O) groups is 1. The Morgan fingerprint density at radius 2 is 1.75 bits per heavy atom. The van der Waals surface area contributed by atoms with Gasteiger partial charge in [0.1, 0.15) is 10.8 Å². The fourth-order valence-corrected chi connectivity index (χ4v) is 3.55. The number of anilines is 1. The Kier molecular flexibility index (Phi) is 6.49. The molecule has 0 saturated heterocycles. The maximum atomic E-state index is 12.9. The molecule has 5 nitrogen and oxygen atoms in total. The molecule has 0 bridgehead atoms. The van der Waals surface area contributed by atoms with E-state index in [4.69, 9.17) is 0 Å². The lowest BCUT2D eigenvalue weighted by atomic mass is 10.0. The lowest BCUT2D eigenvalue weighted by Crippen LogP contribution is -2.17. The zero-order chi connectivity index (χ0) is 20.1. The van der Waals surface area contributed by atoms with Gasteiger partial charge in [-0.25, -0.2) is 4.39 Å². The number of benzene rings is 2. The van der Waals surface area contributed by atoms with Crippen molar-refractivity contribution in [2.24, 2.45) is 0 Å². The first-order valence-corrected chi connectivity index (χ1v) is 9.89. The number of nitrogens with one attached hydrogen (secondary N) is 1. The average Bonchev–Trinajstić information content (AvgIpc) is 3.12. The molecule has 1 N–H and O–H groups in total. The zero-order valence-corrected chi connectivity index (χ0v) is 17.0. The van der Waals surface area contributed by atoms with Crippen molar-refractivity contribution in [2.75, 3.05) is 12.4 Å². The summed E-state index contributed by atoms with van der Waals surface area (Å²) < 4.78 is 12.9. The van der Waals surface area contributed by atoms with E-state index in [-0.39, 0.29) is 16.7 Å². The Balaban J connectivity index is 1.55. The minimum atomic E-state index is -0.349. The van der Waals surface area contributed by atoms with Crippen molar-refractivity contribution in [3.63, 3.8) is 0 Å². The van der Waals surface area contributed by atoms with Crippen molar-refractivity contribution in [1.29, 1.82) is 0 Å². The van der Waals surface area contributed by atoms with Crippen LogP contribution in [0.5, 0.6) is 0 Å². The Morgan fingerprint density at radius 3 is 2.39 bits per heavy atom. The summed E-state index contributed by atoms with van der Waals surface area (Å²) in [6, 6.07) is 14.2. The lowest BCUT2D eigenvalue weighted by Gasteiger charge is -2.15. The predicted octanol–water partition coefficient (Wildman–Crippen LogP) is 4.68. The molecule has 0 radical (unpaired) electrons. The molecule has 0 unspecified atom stereocenters. The van der Waals surface area contributed by atoms with Gasteiger partial charge in [0.2, 0.25) is 5.01 Å². The van der Waals surface area contributed by atoms with Gasteiger partial charge in [0.15, 0.2) is 0 Å². The van der Waals surface area contributed by atoms with E-state index in [1.165, 1.54) is 46.7 Å². The third-order valence-electron chi connectivity index (χ3n) is 4.27. The molecule has 1 aromatic heterocycles. The number of rotatable bonds is 7. The van der Waals surface area contributed by atoms with Gasteiger partial charge in [-0.3, -0.25) is 9.69 Å². The molecule has 0 saturated carbocycles. The van der Waals surface area contributed by atoms with Gasteiger partial charge in [-0.1, -0.05) is 49.4 Å². The largest absolute Gasteiger partial charge is 0.320 e. The molecule has 3 rings (SSSR count). The van der Waals surface area contributed by atoms with Crippen LogP contribution < -0.4 is 5.32 Å². The molecule has 7 heteroatoms. The van der Waals surface area contributed by atoms with E-state index in [9.17, 15) is 9.18 Å². The van der Waals surface area contributed by atoms with Crippen LogP contribution in [0.25, 0.3) is 0 Å². The van der Waals surface area contributed by atoms with Crippen LogP contribution in [-0.2, 0) is 13.1 Å². The molecular weight excluding hydrogens is 375 g/mol. The van der Waals surface area contributed by atoms with Crippen molar-refractivity contribution in [2.45, 2.75) is 32.9 Å². The Labute approximate surface area is 168 Å². The third kappa shape index (κ3) is 5.43. The quantitative estimate of drug-likeness (QED) is 0.628. The van der Waals surface area contributed by atoms with Crippen LogP contribution in [-0.4, -0.2) is 28.1 Å². The molecule has 28 heavy (non-hydrogen) atoms. The third-order valence-corrected chi connectivity index (χ3v) is 5.17. The fourth-order valence-electron chi connectivity index (χ4n) is 2.73. The fraction of sp³-hybridized carbons (Fsp3) is 0.286. The number of hydrogen-bond acceptors (Lipinski definition) is 5. The van der Waals surface area contributed by atoms with Crippen molar-refractivity contribution >= 4 is 22.9 Å². The second-order valence-corrected chi connectivity index (χ2v) is 8.09. The molecule has 2 aromatic carbocycles. The molecule has 0 fully saturated rings. The van der Waals surface area contributed by atoms with Gasteiger partial charge in [0.05, 0.1) is 6.54 Å². The van der Waals surface area contributed by atoms with Crippen LogP contribution in [0.2, 0.25) is 0 Å². The van der Waals surface area contributed by atoms with Crippen molar-refractivity contribution in [1.82, 2.24) is 15.1 Å². The second-order valence-electron chi connectivity index (χ2n) is 7.03. The molecule has 1 amide bonds.